The van der Waals surface area contributed by atoms with Gasteiger partial charge in [-0.25, -0.2) is 9.97 Å². The molecule has 0 aromatic carbocycles. The molecule has 0 aliphatic carbocycles. The van der Waals surface area contributed by atoms with Gasteiger partial charge in [0, 0.05) is 25.1 Å². The number of H-pyrrole nitrogens is 1. The molecule has 0 spiro atoms. The van der Waals surface area contributed by atoms with Crippen LogP contribution >= 0.6 is 11.3 Å². The Kier molecular flexibility index (Phi) is 4.88. The van der Waals surface area contributed by atoms with Gasteiger partial charge in [-0.3, -0.25) is 5.10 Å². The Morgan fingerprint density at radius 3 is 3.09 bits per heavy atom. The number of aromatic amines is 1. The van der Waals surface area contributed by atoms with E-state index in [0.29, 0.717) is 12.5 Å². The molecule has 1 unspecified atom stereocenters. The molecule has 0 fully saturated rings. The monoisotopic (exact) mass is 331 g/mol. The molecule has 3 aromatic heterocycles. The minimum Gasteiger partial charge on any atom is -0.378 e. The number of anilines is 2. The highest BCUT2D eigenvalue weighted by Gasteiger charge is 2.12. The van der Waals surface area contributed by atoms with Crippen molar-refractivity contribution in [1.29, 1.82) is 0 Å². The molecule has 23 heavy (non-hydrogen) atoms. The summed E-state index contributed by atoms with van der Waals surface area (Å²) in [5.74, 6) is 2.04. The van der Waals surface area contributed by atoms with Gasteiger partial charge in [0.15, 0.2) is 11.6 Å². The lowest BCUT2D eigenvalue weighted by Crippen LogP contribution is -1.93. The number of hydrogen-bond acceptors (Lipinski definition) is 6. The summed E-state index contributed by atoms with van der Waals surface area (Å²) >= 11 is 1.59. The Hall–Kier alpha value is -1.99. The lowest BCUT2D eigenvalue weighted by atomic mass is 10.0. The molecule has 2 N–H and O–H groups in total. The van der Waals surface area contributed by atoms with E-state index in [2.05, 4.69) is 45.4 Å². The van der Waals surface area contributed by atoms with Gasteiger partial charge in [-0.15, -0.1) is 11.3 Å². The van der Waals surface area contributed by atoms with Crippen molar-refractivity contribution in [2.45, 2.75) is 39.2 Å². The van der Waals surface area contributed by atoms with Crippen LogP contribution in [0.4, 0.5) is 11.6 Å². The molecular formula is C16H21N5OS. The number of rotatable bonds is 7. The quantitative estimate of drug-likeness (QED) is 0.678. The van der Waals surface area contributed by atoms with Crippen LogP contribution in [0.5, 0.6) is 0 Å². The molecule has 3 rings (SSSR count). The van der Waals surface area contributed by atoms with Crippen molar-refractivity contribution in [2.24, 2.45) is 0 Å². The Bertz CT molecular complexity index is 782. The number of fused-ring (bicyclic) bond motifs is 1. The van der Waals surface area contributed by atoms with Crippen molar-refractivity contribution in [3.63, 3.8) is 0 Å². The van der Waals surface area contributed by atoms with E-state index < -0.39 is 0 Å². The second-order valence-electron chi connectivity index (χ2n) is 5.57. The SMILES string of the molecule is CCCC(C)c1cc(Nc2nccc3nc(COC)sc23)n[nH]1. The standard InChI is InChI=1S/C16H21N5OS/c1-4-5-10(2)12-8-13(21-20-12)19-16-15-11(6-7-17-16)18-14(23-15)9-22-3/h6-8,10H,4-5,9H2,1-3H3,(H2,17,19,20,21). The lowest BCUT2D eigenvalue weighted by Gasteiger charge is -2.05. The van der Waals surface area contributed by atoms with E-state index in [1.807, 2.05) is 6.07 Å². The summed E-state index contributed by atoms with van der Waals surface area (Å²) in [6.45, 7) is 4.91. The third-order valence-corrected chi connectivity index (χ3v) is 4.76. The molecule has 3 heterocycles. The summed E-state index contributed by atoms with van der Waals surface area (Å²) in [6.07, 6.45) is 4.06. The number of pyridine rings is 1. The molecule has 6 nitrogen and oxygen atoms in total. The number of ether oxygens (including phenoxy) is 1. The summed E-state index contributed by atoms with van der Waals surface area (Å²) in [4.78, 5) is 8.98. The predicted octanol–water partition coefficient (Wildman–Crippen LogP) is 4.21. The largest absolute Gasteiger partial charge is 0.378 e. The summed E-state index contributed by atoms with van der Waals surface area (Å²) < 4.78 is 6.18. The highest BCUT2D eigenvalue weighted by molar-refractivity contribution is 7.19. The number of nitrogens with one attached hydrogen (secondary N) is 2. The summed E-state index contributed by atoms with van der Waals surface area (Å²) in [6, 6.07) is 3.97. The molecule has 0 radical (unpaired) electrons. The van der Waals surface area contributed by atoms with Crippen molar-refractivity contribution in [3.8, 4) is 0 Å². The Morgan fingerprint density at radius 2 is 2.30 bits per heavy atom. The van der Waals surface area contributed by atoms with Crippen LogP contribution in [0.3, 0.4) is 0 Å². The maximum Gasteiger partial charge on any atom is 0.153 e. The molecular weight excluding hydrogens is 310 g/mol. The zero-order valence-electron chi connectivity index (χ0n) is 13.6. The topological polar surface area (TPSA) is 75.7 Å². The van der Waals surface area contributed by atoms with Crippen LogP contribution in [0, 0.1) is 0 Å². The Balaban J connectivity index is 1.84. The predicted molar refractivity (Wildman–Crippen MR) is 93.3 cm³/mol. The van der Waals surface area contributed by atoms with Gasteiger partial charge in [0.1, 0.15) is 5.01 Å². The second-order valence-corrected chi connectivity index (χ2v) is 6.66. The highest BCUT2D eigenvalue weighted by atomic mass is 32.1. The van der Waals surface area contributed by atoms with E-state index in [0.717, 1.165) is 45.4 Å². The normalized spacial score (nSPS) is 12.7. The van der Waals surface area contributed by atoms with Crippen LogP contribution < -0.4 is 5.32 Å². The van der Waals surface area contributed by atoms with Crippen LogP contribution in [0.15, 0.2) is 18.3 Å². The van der Waals surface area contributed by atoms with E-state index in [1.165, 1.54) is 0 Å². The summed E-state index contributed by atoms with van der Waals surface area (Å²) in [7, 11) is 1.67. The molecule has 0 saturated carbocycles. The molecule has 1 atom stereocenters. The van der Waals surface area contributed by atoms with Gasteiger partial charge in [0.05, 0.1) is 16.8 Å². The van der Waals surface area contributed by atoms with Gasteiger partial charge in [-0.2, -0.15) is 5.10 Å². The zero-order valence-corrected chi connectivity index (χ0v) is 14.4. The van der Waals surface area contributed by atoms with E-state index in [9.17, 15) is 0 Å². The summed E-state index contributed by atoms with van der Waals surface area (Å²) in [5, 5.41) is 11.7. The smallest absolute Gasteiger partial charge is 0.153 e. The maximum absolute atomic E-state index is 5.16. The highest BCUT2D eigenvalue weighted by Crippen LogP contribution is 2.30. The number of methoxy groups -OCH3 is 1. The van der Waals surface area contributed by atoms with Gasteiger partial charge in [-0.05, 0) is 18.4 Å². The van der Waals surface area contributed by atoms with E-state index >= 15 is 0 Å². The first-order valence-electron chi connectivity index (χ1n) is 7.77. The lowest BCUT2D eigenvalue weighted by molar-refractivity contribution is 0.184. The minimum atomic E-state index is 0.475. The van der Waals surface area contributed by atoms with Crippen molar-refractivity contribution < 1.29 is 4.74 Å². The fourth-order valence-corrected chi connectivity index (χ4v) is 3.51. The summed E-state index contributed by atoms with van der Waals surface area (Å²) in [5.41, 5.74) is 2.07. The fraction of sp³-hybridized carbons (Fsp3) is 0.438. The van der Waals surface area contributed by atoms with Gasteiger partial charge in [-0.1, -0.05) is 20.3 Å². The van der Waals surface area contributed by atoms with Gasteiger partial charge < -0.3 is 10.1 Å². The fourth-order valence-electron chi connectivity index (χ4n) is 2.54. The van der Waals surface area contributed by atoms with Crippen LogP contribution in [-0.2, 0) is 11.3 Å². The number of hydrogen-bond donors (Lipinski definition) is 2. The Labute approximate surface area is 139 Å². The molecule has 122 valence electrons. The molecule has 3 aromatic rings. The molecule has 0 bridgehead atoms. The van der Waals surface area contributed by atoms with Crippen molar-refractivity contribution in [1.82, 2.24) is 20.2 Å². The average molecular weight is 331 g/mol. The van der Waals surface area contributed by atoms with Gasteiger partial charge in [0.2, 0.25) is 0 Å². The number of aromatic nitrogens is 4. The first-order valence-corrected chi connectivity index (χ1v) is 8.58. The third-order valence-electron chi connectivity index (χ3n) is 3.71. The molecule has 0 aliphatic heterocycles. The second kappa shape index (κ2) is 7.06. The molecule has 7 heteroatoms. The van der Waals surface area contributed by atoms with E-state index in [4.69, 9.17) is 4.74 Å². The van der Waals surface area contributed by atoms with Gasteiger partial charge in [0.25, 0.3) is 0 Å². The van der Waals surface area contributed by atoms with Crippen LogP contribution in [-0.4, -0.2) is 27.3 Å². The van der Waals surface area contributed by atoms with Gasteiger partial charge >= 0.3 is 0 Å². The first-order chi connectivity index (χ1) is 11.2. The first kappa shape index (κ1) is 15.9. The van der Waals surface area contributed by atoms with E-state index in [-0.39, 0.29) is 0 Å². The zero-order chi connectivity index (χ0) is 16.2. The molecule has 0 saturated heterocycles. The van der Waals surface area contributed by atoms with Crippen molar-refractivity contribution >= 4 is 33.2 Å². The maximum atomic E-state index is 5.16. The van der Waals surface area contributed by atoms with Crippen molar-refractivity contribution in [2.75, 3.05) is 12.4 Å². The van der Waals surface area contributed by atoms with Crippen LogP contribution in [0.2, 0.25) is 0 Å². The average Bonchev–Trinajstić information content (AvgIpc) is 3.15. The van der Waals surface area contributed by atoms with E-state index in [1.54, 1.807) is 24.6 Å². The van der Waals surface area contributed by atoms with Crippen molar-refractivity contribution in [3.05, 3.63) is 29.0 Å². The molecule has 0 amide bonds. The number of nitrogens with zero attached hydrogens (tertiary/aromatic N) is 3. The Morgan fingerprint density at radius 1 is 1.43 bits per heavy atom. The minimum absolute atomic E-state index is 0.475. The van der Waals surface area contributed by atoms with Crippen LogP contribution in [0.25, 0.3) is 10.2 Å². The van der Waals surface area contributed by atoms with Crippen LogP contribution in [0.1, 0.15) is 43.3 Å². The number of thiazole rings is 1. The molecule has 0 aliphatic rings. The third kappa shape index (κ3) is 3.51.